The van der Waals surface area contributed by atoms with E-state index in [2.05, 4.69) is 0 Å². The second-order valence-corrected chi connectivity index (χ2v) is 6.42. The summed E-state index contributed by atoms with van der Waals surface area (Å²) in [6, 6.07) is 2.11. The van der Waals surface area contributed by atoms with Crippen LogP contribution in [0.25, 0.3) is 0 Å². The van der Waals surface area contributed by atoms with Gasteiger partial charge in [0, 0.05) is 12.3 Å². The molecule has 1 amide bonds. The van der Waals surface area contributed by atoms with Crippen LogP contribution in [0.15, 0.2) is 21.6 Å². The first-order valence-electron chi connectivity index (χ1n) is 5.99. The summed E-state index contributed by atoms with van der Waals surface area (Å²) in [7, 11) is -3.54. The third-order valence-electron chi connectivity index (χ3n) is 2.85. The molecule has 1 atom stereocenters. The van der Waals surface area contributed by atoms with E-state index in [-0.39, 0.29) is 16.9 Å². The maximum atomic E-state index is 12.2. The minimum absolute atomic E-state index is 0.188. The molecule has 1 aromatic rings. The van der Waals surface area contributed by atoms with Gasteiger partial charge in [-0.3, -0.25) is 9.59 Å². The van der Waals surface area contributed by atoms with Crippen molar-refractivity contribution in [3.05, 3.63) is 17.9 Å². The number of furan rings is 1. The van der Waals surface area contributed by atoms with E-state index in [1.165, 1.54) is 12.1 Å². The van der Waals surface area contributed by atoms with Gasteiger partial charge in [-0.2, -0.15) is 0 Å². The predicted molar refractivity (Wildman–Crippen MR) is 70.2 cm³/mol. The van der Waals surface area contributed by atoms with Gasteiger partial charge in [-0.05, 0) is 25.5 Å². The van der Waals surface area contributed by atoms with Crippen molar-refractivity contribution in [1.82, 2.24) is 4.90 Å². The smallest absolute Gasteiger partial charge is 0.323 e. The van der Waals surface area contributed by atoms with Crippen molar-refractivity contribution in [1.29, 1.82) is 0 Å². The van der Waals surface area contributed by atoms with Gasteiger partial charge in [0.15, 0.2) is 5.76 Å². The molecule has 0 fully saturated rings. The Hall–Kier alpha value is -1.83. The van der Waals surface area contributed by atoms with Gasteiger partial charge in [-0.15, -0.1) is 0 Å². The van der Waals surface area contributed by atoms with Crippen molar-refractivity contribution in [3.8, 4) is 0 Å². The number of carbonyl (C=O) groups excluding carboxylic acids is 1. The molecule has 0 aliphatic rings. The molecule has 0 spiro atoms. The Morgan fingerprint density at radius 1 is 1.40 bits per heavy atom. The summed E-state index contributed by atoms with van der Waals surface area (Å²) in [6.45, 7) is 3.06. The zero-order valence-corrected chi connectivity index (χ0v) is 12.3. The number of amides is 1. The van der Waals surface area contributed by atoms with Crippen LogP contribution in [0.1, 0.15) is 30.8 Å². The molecule has 20 heavy (non-hydrogen) atoms. The molecule has 1 aromatic heterocycles. The second kappa shape index (κ2) is 6.08. The summed E-state index contributed by atoms with van der Waals surface area (Å²) in [6.07, 6.45) is 1.53. The molecule has 0 aliphatic heterocycles. The van der Waals surface area contributed by atoms with Crippen LogP contribution in [0.4, 0.5) is 0 Å². The van der Waals surface area contributed by atoms with Gasteiger partial charge in [-0.1, -0.05) is 6.92 Å². The van der Waals surface area contributed by atoms with E-state index in [9.17, 15) is 18.0 Å². The SMILES string of the molecule is CCC(C)N(CC(=O)O)C(=O)c1ccc(S(C)(=O)=O)o1. The number of carboxylic acid groups (broad SMARTS) is 1. The second-order valence-electron chi connectivity index (χ2n) is 4.47. The molecular formula is C12H17NO6S. The summed E-state index contributed by atoms with van der Waals surface area (Å²) in [4.78, 5) is 24.1. The van der Waals surface area contributed by atoms with Gasteiger partial charge < -0.3 is 14.4 Å². The first-order valence-corrected chi connectivity index (χ1v) is 7.88. The zero-order valence-electron chi connectivity index (χ0n) is 11.5. The molecule has 0 saturated carbocycles. The van der Waals surface area contributed by atoms with Crippen molar-refractivity contribution < 1.29 is 27.5 Å². The lowest BCUT2D eigenvalue weighted by molar-refractivity contribution is -0.138. The van der Waals surface area contributed by atoms with Gasteiger partial charge in [0.2, 0.25) is 14.9 Å². The Balaban J connectivity index is 3.06. The summed E-state index contributed by atoms with van der Waals surface area (Å²) in [5.74, 6) is -1.97. The van der Waals surface area contributed by atoms with Crippen molar-refractivity contribution in [2.75, 3.05) is 12.8 Å². The van der Waals surface area contributed by atoms with Crippen LogP contribution in [0.5, 0.6) is 0 Å². The molecule has 0 bridgehead atoms. The lowest BCUT2D eigenvalue weighted by atomic mass is 10.2. The van der Waals surface area contributed by atoms with Crippen LogP contribution in [0, 0.1) is 0 Å². The molecule has 1 rings (SSSR count). The van der Waals surface area contributed by atoms with E-state index < -0.39 is 28.3 Å². The van der Waals surface area contributed by atoms with Gasteiger partial charge in [-0.25, -0.2) is 8.42 Å². The first-order chi connectivity index (χ1) is 9.16. The summed E-state index contributed by atoms with van der Waals surface area (Å²) < 4.78 is 27.6. The minimum atomic E-state index is -3.54. The van der Waals surface area contributed by atoms with Crippen LogP contribution in [-0.4, -0.2) is 49.1 Å². The number of nitrogens with zero attached hydrogens (tertiary/aromatic N) is 1. The molecule has 0 aromatic carbocycles. The zero-order chi connectivity index (χ0) is 15.5. The predicted octanol–water partition coefficient (Wildman–Crippen LogP) is 1.01. The summed E-state index contributed by atoms with van der Waals surface area (Å²) in [5, 5.41) is 8.52. The van der Waals surface area contributed by atoms with Crippen LogP contribution in [-0.2, 0) is 14.6 Å². The average molecular weight is 303 g/mol. The molecule has 112 valence electrons. The van der Waals surface area contributed by atoms with Gasteiger partial charge >= 0.3 is 5.97 Å². The molecule has 1 N–H and O–H groups in total. The topological polar surface area (TPSA) is 105 Å². The van der Waals surface area contributed by atoms with Crippen LogP contribution < -0.4 is 0 Å². The highest BCUT2D eigenvalue weighted by molar-refractivity contribution is 7.90. The standard InChI is InChI=1S/C12H17NO6S/c1-4-8(2)13(7-10(14)15)12(16)9-5-6-11(19-9)20(3,17)18/h5-6,8H,4,7H2,1-3H3,(H,14,15). The van der Waals surface area contributed by atoms with Crippen LogP contribution >= 0.6 is 0 Å². The fourth-order valence-electron chi connectivity index (χ4n) is 1.57. The molecule has 0 aliphatic carbocycles. The molecule has 0 saturated heterocycles. The van der Waals surface area contributed by atoms with Crippen molar-refractivity contribution in [2.45, 2.75) is 31.4 Å². The van der Waals surface area contributed by atoms with E-state index in [1.807, 2.05) is 6.92 Å². The lowest BCUT2D eigenvalue weighted by Gasteiger charge is -2.25. The van der Waals surface area contributed by atoms with E-state index in [0.29, 0.717) is 6.42 Å². The number of carboxylic acids is 1. The Bertz CT molecular complexity index is 603. The highest BCUT2D eigenvalue weighted by Gasteiger charge is 2.26. The van der Waals surface area contributed by atoms with E-state index in [4.69, 9.17) is 9.52 Å². The fraction of sp³-hybridized carbons (Fsp3) is 0.500. The highest BCUT2D eigenvalue weighted by atomic mass is 32.2. The average Bonchev–Trinajstić information content (AvgIpc) is 2.83. The Labute approximate surface area is 117 Å². The number of hydrogen-bond donors (Lipinski definition) is 1. The van der Waals surface area contributed by atoms with Gasteiger partial charge in [0.1, 0.15) is 6.54 Å². The third kappa shape index (κ3) is 3.83. The Morgan fingerprint density at radius 2 is 2.00 bits per heavy atom. The van der Waals surface area contributed by atoms with Gasteiger partial charge in [0.05, 0.1) is 0 Å². The molecular weight excluding hydrogens is 286 g/mol. The summed E-state index contributed by atoms with van der Waals surface area (Å²) >= 11 is 0. The Morgan fingerprint density at radius 3 is 2.40 bits per heavy atom. The number of carbonyl (C=O) groups is 2. The van der Waals surface area contributed by atoms with E-state index in [1.54, 1.807) is 6.92 Å². The largest absolute Gasteiger partial charge is 0.480 e. The third-order valence-corrected chi connectivity index (χ3v) is 3.80. The number of hydrogen-bond acceptors (Lipinski definition) is 5. The van der Waals surface area contributed by atoms with Gasteiger partial charge in [0.25, 0.3) is 5.91 Å². The number of rotatable bonds is 6. The molecule has 0 radical (unpaired) electrons. The maximum absolute atomic E-state index is 12.2. The number of sulfone groups is 1. The molecule has 7 nitrogen and oxygen atoms in total. The first kappa shape index (κ1) is 16.2. The normalized spacial score (nSPS) is 12.9. The van der Waals surface area contributed by atoms with E-state index in [0.717, 1.165) is 11.2 Å². The van der Waals surface area contributed by atoms with Crippen molar-refractivity contribution in [2.24, 2.45) is 0 Å². The lowest BCUT2D eigenvalue weighted by Crippen LogP contribution is -2.41. The monoisotopic (exact) mass is 303 g/mol. The Kier molecular flexibility index (Phi) is 4.93. The molecule has 1 heterocycles. The highest BCUT2D eigenvalue weighted by Crippen LogP contribution is 2.17. The number of aliphatic carboxylic acids is 1. The van der Waals surface area contributed by atoms with Crippen LogP contribution in [0.3, 0.4) is 0 Å². The van der Waals surface area contributed by atoms with E-state index >= 15 is 0 Å². The maximum Gasteiger partial charge on any atom is 0.323 e. The quantitative estimate of drug-likeness (QED) is 0.840. The fourth-order valence-corrected chi connectivity index (χ4v) is 2.13. The van der Waals surface area contributed by atoms with Crippen molar-refractivity contribution >= 4 is 21.7 Å². The summed E-state index contributed by atoms with van der Waals surface area (Å²) in [5.41, 5.74) is 0. The van der Waals surface area contributed by atoms with Crippen LogP contribution in [0.2, 0.25) is 0 Å². The molecule has 1 unspecified atom stereocenters. The molecule has 8 heteroatoms. The minimum Gasteiger partial charge on any atom is -0.480 e. The van der Waals surface area contributed by atoms with Crippen molar-refractivity contribution in [3.63, 3.8) is 0 Å².